The first kappa shape index (κ1) is 12.0. The van der Waals surface area contributed by atoms with Crippen LogP contribution >= 0.6 is 11.8 Å². The summed E-state index contributed by atoms with van der Waals surface area (Å²) in [6.45, 7) is 2.77. The van der Waals surface area contributed by atoms with Crippen LogP contribution in [0.2, 0.25) is 0 Å². The summed E-state index contributed by atoms with van der Waals surface area (Å²) < 4.78 is 0. The van der Waals surface area contributed by atoms with Gasteiger partial charge in [0.25, 0.3) is 5.43 Å². The summed E-state index contributed by atoms with van der Waals surface area (Å²) in [6, 6.07) is 7.93. The molecular weight excluding hydrogens is 262 g/mol. The maximum Gasteiger partial charge on any atom is 0.268 e. The van der Waals surface area contributed by atoms with Crippen molar-refractivity contribution in [2.75, 3.05) is 11.4 Å². The summed E-state index contributed by atoms with van der Waals surface area (Å²) >= 11 is 1.53. The van der Waals surface area contributed by atoms with Crippen LogP contribution in [0.5, 0.6) is 5.75 Å². The van der Waals surface area contributed by atoms with Crippen molar-refractivity contribution in [3.63, 3.8) is 0 Å². The highest BCUT2D eigenvalue weighted by atomic mass is 32.2. The second kappa shape index (κ2) is 4.28. The molecule has 1 heterocycles. The highest BCUT2D eigenvalue weighted by Crippen LogP contribution is 2.46. The van der Waals surface area contributed by atoms with Gasteiger partial charge in [-0.3, -0.25) is 9.59 Å². The van der Waals surface area contributed by atoms with Crippen LogP contribution < -0.4 is 15.8 Å². The Kier molecular flexibility index (Phi) is 2.71. The number of anilines is 1. The Morgan fingerprint density at radius 1 is 1.26 bits per heavy atom. The summed E-state index contributed by atoms with van der Waals surface area (Å²) in [4.78, 5) is 25.6. The Morgan fingerprint density at radius 3 is 2.68 bits per heavy atom. The smallest absolute Gasteiger partial charge is 0.268 e. The molecular formula is C14H11NO3S. The molecule has 2 aromatic rings. The van der Waals surface area contributed by atoms with Crippen molar-refractivity contribution in [1.29, 1.82) is 0 Å². The molecule has 0 aromatic heterocycles. The molecule has 0 saturated heterocycles. The lowest BCUT2D eigenvalue weighted by molar-refractivity contribution is 0.461. The van der Waals surface area contributed by atoms with Crippen LogP contribution in [0.4, 0.5) is 5.69 Å². The first-order valence-electron chi connectivity index (χ1n) is 5.92. The molecule has 0 amide bonds. The van der Waals surface area contributed by atoms with Gasteiger partial charge in [0.15, 0.2) is 5.75 Å². The number of aromatic hydroxyl groups is 1. The normalized spacial score (nSPS) is 16.3. The van der Waals surface area contributed by atoms with Gasteiger partial charge in [-0.05, 0) is 25.1 Å². The van der Waals surface area contributed by atoms with E-state index in [2.05, 4.69) is 4.90 Å². The van der Waals surface area contributed by atoms with E-state index in [1.807, 2.05) is 31.2 Å². The maximum absolute atomic E-state index is 11.4. The molecule has 2 aromatic carbocycles. The quantitative estimate of drug-likeness (QED) is 0.847. The van der Waals surface area contributed by atoms with E-state index in [0.717, 1.165) is 22.2 Å². The number of para-hydroxylation sites is 1. The predicted octanol–water partition coefficient (Wildman–Crippen LogP) is 1.92. The van der Waals surface area contributed by atoms with Crippen LogP contribution in [-0.4, -0.2) is 11.7 Å². The summed E-state index contributed by atoms with van der Waals surface area (Å²) in [5, 5.41) is 10.3. The van der Waals surface area contributed by atoms with Crippen molar-refractivity contribution in [1.82, 2.24) is 0 Å². The number of hydrogen-bond acceptors (Lipinski definition) is 5. The molecule has 1 aliphatic rings. The van der Waals surface area contributed by atoms with E-state index >= 15 is 0 Å². The van der Waals surface area contributed by atoms with E-state index in [0.29, 0.717) is 0 Å². The molecule has 96 valence electrons. The number of nitrogens with zero attached hydrogens (tertiary/aromatic N) is 1. The number of hydrogen-bond donors (Lipinski definition) is 1. The molecule has 0 bridgehead atoms. The average Bonchev–Trinajstić information content (AvgIpc) is 2.80. The monoisotopic (exact) mass is 273 g/mol. The van der Waals surface area contributed by atoms with Gasteiger partial charge in [0.2, 0.25) is 5.43 Å². The van der Waals surface area contributed by atoms with Gasteiger partial charge < -0.3 is 10.0 Å². The second-order valence-corrected chi connectivity index (χ2v) is 5.28. The standard InChI is InChI=1S/C14H11NO3S/c1-2-15-9-5-3-4-6-10(9)19-11(15)7-8-12(16)14(18)13(8)17/h3-7,16H,2H2,1H3/b11-7-. The van der Waals surface area contributed by atoms with E-state index in [1.54, 1.807) is 6.08 Å². The molecule has 1 aliphatic heterocycles. The van der Waals surface area contributed by atoms with E-state index in [9.17, 15) is 14.7 Å². The molecule has 0 spiro atoms. The highest BCUT2D eigenvalue weighted by Gasteiger charge is 2.26. The topological polar surface area (TPSA) is 57.6 Å². The van der Waals surface area contributed by atoms with Crippen LogP contribution in [0.3, 0.4) is 0 Å². The van der Waals surface area contributed by atoms with Crippen molar-refractivity contribution in [3.8, 4) is 5.75 Å². The third kappa shape index (κ3) is 1.69. The molecule has 5 heteroatoms. The van der Waals surface area contributed by atoms with Gasteiger partial charge in [-0.15, -0.1) is 0 Å². The van der Waals surface area contributed by atoms with Crippen molar-refractivity contribution >= 4 is 23.5 Å². The minimum atomic E-state index is -0.796. The third-order valence-electron chi connectivity index (χ3n) is 3.14. The Morgan fingerprint density at radius 2 is 2.00 bits per heavy atom. The molecule has 0 atom stereocenters. The lowest BCUT2D eigenvalue weighted by atomic mass is 10.1. The van der Waals surface area contributed by atoms with Gasteiger partial charge >= 0.3 is 0 Å². The van der Waals surface area contributed by atoms with Crippen LogP contribution in [0.1, 0.15) is 12.5 Å². The molecule has 0 aliphatic carbocycles. The summed E-state index contributed by atoms with van der Waals surface area (Å²) in [5.41, 5.74) is -0.216. The summed E-state index contributed by atoms with van der Waals surface area (Å²) in [6.07, 6.45) is 1.59. The predicted molar refractivity (Wildman–Crippen MR) is 76.3 cm³/mol. The Bertz CT molecular complexity index is 756. The van der Waals surface area contributed by atoms with Gasteiger partial charge in [-0.1, -0.05) is 23.9 Å². The molecule has 0 unspecified atom stereocenters. The number of rotatable bonds is 2. The van der Waals surface area contributed by atoms with Gasteiger partial charge in [0, 0.05) is 11.4 Å². The number of thioether (sulfide) groups is 1. The fraction of sp³-hybridized carbons (Fsp3) is 0.143. The Hall–Kier alpha value is -2.01. The molecule has 0 radical (unpaired) electrons. The minimum absolute atomic E-state index is 0.110. The molecule has 0 saturated carbocycles. The fourth-order valence-corrected chi connectivity index (χ4v) is 3.31. The summed E-state index contributed by atoms with van der Waals surface area (Å²) in [5.74, 6) is -0.426. The third-order valence-corrected chi connectivity index (χ3v) is 4.25. The van der Waals surface area contributed by atoms with Crippen molar-refractivity contribution < 1.29 is 5.11 Å². The van der Waals surface area contributed by atoms with Crippen LogP contribution in [0, 0.1) is 0 Å². The molecule has 19 heavy (non-hydrogen) atoms. The zero-order valence-electron chi connectivity index (χ0n) is 10.2. The van der Waals surface area contributed by atoms with Crippen LogP contribution in [-0.2, 0) is 0 Å². The fourth-order valence-electron chi connectivity index (χ4n) is 2.14. The highest BCUT2D eigenvalue weighted by molar-refractivity contribution is 8.03. The number of fused-ring (bicyclic) bond motifs is 1. The van der Waals surface area contributed by atoms with Crippen molar-refractivity contribution in [2.24, 2.45) is 0 Å². The van der Waals surface area contributed by atoms with Gasteiger partial charge in [0.05, 0.1) is 16.3 Å². The van der Waals surface area contributed by atoms with Gasteiger partial charge in [-0.25, -0.2) is 0 Å². The molecule has 1 N–H and O–H groups in total. The van der Waals surface area contributed by atoms with Crippen molar-refractivity contribution in [3.05, 3.63) is 55.3 Å². The molecule has 0 fully saturated rings. The van der Waals surface area contributed by atoms with E-state index < -0.39 is 16.6 Å². The average molecular weight is 273 g/mol. The van der Waals surface area contributed by atoms with Gasteiger partial charge in [0.1, 0.15) is 0 Å². The van der Waals surface area contributed by atoms with Gasteiger partial charge in [-0.2, -0.15) is 0 Å². The second-order valence-electron chi connectivity index (χ2n) is 4.22. The Balaban J connectivity index is 2.05. The number of benzene rings is 1. The largest absolute Gasteiger partial charge is 0.504 e. The lowest BCUT2D eigenvalue weighted by Gasteiger charge is -2.18. The zero-order chi connectivity index (χ0) is 13.6. The van der Waals surface area contributed by atoms with E-state index in [-0.39, 0.29) is 5.56 Å². The minimum Gasteiger partial charge on any atom is -0.504 e. The molecule has 3 rings (SSSR count). The zero-order valence-corrected chi connectivity index (χ0v) is 11.0. The van der Waals surface area contributed by atoms with E-state index in [1.165, 1.54) is 11.8 Å². The first-order chi connectivity index (χ1) is 9.13. The SMILES string of the molecule is CCN1/C(=C/c2c(O)c(=O)c2=O)Sc2ccccc21. The maximum atomic E-state index is 11.4. The first-order valence-corrected chi connectivity index (χ1v) is 6.73. The van der Waals surface area contributed by atoms with Crippen LogP contribution in [0.25, 0.3) is 6.08 Å². The Labute approximate surface area is 113 Å². The van der Waals surface area contributed by atoms with Crippen molar-refractivity contribution in [2.45, 2.75) is 11.8 Å². The van der Waals surface area contributed by atoms with E-state index in [4.69, 9.17) is 0 Å². The summed E-state index contributed by atoms with van der Waals surface area (Å²) in [7, 11) is 0. The lowest BCUT2D eigenvalue weighted by Crippen LogP contribution is -2.33. The van der Waals surface area contributed by atoms with Crippen LogP contribution in [0.15, 0.2) is 43.8 Å². The molecule has 4 nitrogen and oxygen atoms in total.